The Morgan fingerprint density at radius 1 is 1.03 bits per heavy atom. The van der Waals surface area contributed by atoms with Crippen LogP contribution in [0, 0.1) is 0 Å². The third-order valence-electron chi connectivity index (χ3n) is 6.71. The molecule has 2 saturated heterocycles. The zero-order valence-electron chi connectivity index (χ0n) is 19.0. The number of nitrogens with zero attached hydrogens (tertiary/aromatic N) is 4. The number of ether oxygens (including phenoxy) is 1. The van der Waals surface area contributed by atoms with Crippen molar-refractivity contribution in [2.75, 3.05) is 26.2 Å². The lowest BCUT2D eigenvalue weighted by Gasteiger charge is -2.37. The molecule has 0 unspecified atom stereocenters. The molecule has 0 radical (unpaired) electrons. The predicted octanol–water partition coefficient (Wildman–Crippen LogP) is 3.82. The number of aromatic nitrogens is 3. The third-order valence-corrected chi connectivity index (χ3v) is 6.71. The lowest BCUT2D eigenvalue weighted by Crippen LogP contribution is -2.47. The number of fused-ring (bicyclic) bond motifs is 1. The van der Waals surface area contributed by atoms with Crippen LogP contribution in [0.3, 0.4) is 0 Å². The summed E-state index contributed by atoms with van der Waals surface area (Å²) in [5, 5.41) is 0. The molecule has 0 aliphatic carbocycles. The molecule has 35 heavy (non-hydrogen) atoms. The summed E-state index contributed by atoms with van der Waals surface area (Å²) in [6.07, 6.45) is -1.53. The van der Waals surface area contributed by atoms with Gasteiger partial charge in [0.1, 0.15) is 11.6 Å². The van der Waals surface area contributed by atoms with Gasteiger partial charge >= 0.3 is 6.36 Å². The van der Waals surface area contributed by atoms with Gasteiger partial charge in [-0.15, -0.1) is 13.2 Å². The summed E-state index contributed by atoms with van der Waals surface area (Å²) in [5.41, 5.74) is 2.98. The number of hydrogen-bond donors (Lipinski definition) is 1. The van der Waals surface area contributed by atoms with E-state index in [2.05, 4.69) is 19.7 Å². The van der Waals surface area contributed by atoms with E-state index in [4.69, 9.17) is 0 Å². The Morgan fingerprint density at radius 2 is 1.71 bits per heavy atom. The van der Waals surface area contributed by atoms with Gasteiger partial charge in [0.15, 0.2) is 5.65 Å². The monoisotopic (exact) mass is 487 g/mol. The van der Waals surface area contributed by atoms with Crippen LogP contribution in [-0.4, -0.2) is 69.1 Å². The number of carbonyl (C=O) groups is 2. The molecule has 11 heteroatoms. The van der Waals surface area contributed by atoms with E-state index in [0.717, 1.165) is 41.9 Å². The minimum Gasteiger partial charge on any atom is -0.406 e. The zero-order valence-corrected chi connectivity index (χ0v) is 19.0. The van der Waals surface area contributed by atoms with E-state index in [-0.39, 0.29) is 29.4 Å². The van der Waals surface area contributed by atoms with Crippen LogP contribution in [-0.2, 0) is 4.79 Å². The fourth-order valence-electron chi connectivity index (χ4n) is 4.77. The number of imidazole rings is 1. The average molecular weight is 487 g/mol. The second-order valence-corrected chi connectivity index (χ2v) is 8.98. The van der Waals surface area contributed by atoms with Crippen LogP contribution in [0.4, 0.5) is 13.2 Å². The summed E-state index contributed by atoms with van der Waals surface area (Å²) in [6, 6.07) is 6.97. The molecule has 2 amide bonds. The van der Waals surface area contributed by atoms with Crippen molar-refractivity contribution in [2.24, 2.45) is 0 Å². The number of hydrogen-bond acceptors (Lipinski definition) is 5. The smallest absolute Gasteiger partial charge is 0.406 e. The Balaban J connectivity index is 1.23. The van der Waals surface area contributed by atoms with Gasteiger partial charge < -0.3 is 19.5 Å². The van der Waals surface area contributed by atoms with E-state index < -0.39 is 6.36 Å². The molecule has 8 nitrogen and oxygen atoms in total. The van der Waals surface area contributed by atoms with Crippen LogP contribution in [0.5, 0.6) is 5.75 Å². The van der Waals surface area contributed by atoms with Gasteiger partial charge in [-0.1, -0.05) is 0 Å². The lowest BCUT2D eigenvalue weighted by atomic mass is 9.89. The van der Waals surface area contributed by atoms with Crippen molar-refractivity contribution in [1.82, 2.24) is 24.8 Å². The SMILES string of the molecule is CC(=O)N1CC(c2nc3nccc(C4CCN(C(=O)c5ccc(OC(F)(F)F)cc5)CC4)c3[nH]2)C1. The van der Waals surface area contributed by atoms with Crippen molar-refractivity contribution in [3.63, 3.8) is 0 Å². The van der Waals surface area contributed by atoms with Crippen LogP contribution in [0.1, 0.15) is 53.3 Å². The Labute approximate surface area is 199 Å². The number of alkyl halides is 3. The van der Waals surface area contributed by atoms with Gasteiger partial charge in [-0.05, 0) is 54.7 Å². The molecule has 1 N–H and O–H groups in total. The molecule has 4 heterocycles. The third kappa shape index (κ3) is 4.80. The van der Waals surface area contributed by atoms with Crippen LogP contribution in [0.25, 0.3) is 11.2 Å². The summed E-state index contributed by atoms with van der Waals surface area (Å²) in [4.78, 5) is 40.3. The van der Waals surface area contributed by atoms with Gasteiger partial charge in [0, 0.05) is 44.9 Å². The number of piperidine rings is 1. The van der Waals surface area contributed by atoms with Gasteiger partial charge in [-0.3, -0.25) is 9.59 Å². The van der Waals surface area contributed by atoms with Crippen molar-refractivity contribution in [3.05, 3.63) is 53.5 Å². The largest absolute Gasteiger partial charge is 0.573 e. The zero-order chi connectivity index (χ0) is 24.7. The van der Waals surface area contributed by atoms with Crippen molar-refractivity contribution >= 4 is 23.0 Å². The second kappa shape index (κ2) is 8.86. The minimum absolute atomic E-state index is 0.0584. The number of nitrogens with one attached hydrogen (secondary N) is 1. The number of amides is 2. The topological polar surface area (TPSA) is 91.4 Å². The molecule has 2 aliphatic rings. The molecule has 2 aromatic heterocycles. The maximum Gasteiger partial charge on any atom is 0.573 e. The number of H-pyrrole nitrogens is 1. The molecule has 5 rings (SSSR count). The summed E-state index contributed by atoms with van der Waals surface area (Å²) < 4.78 is 40.9. The average Bonchev–Trinajstić information content (AvgIpc) is 3.20. The fraction of sp³-hybridized carbons (Fsp3) is 0.417. The number of halogens is 3. The first-order chi connectivity index (χ1) is 16.7. The van der Waals surface area contributed by atoms with Gasteiger partial charge in [-0.2, -0.15) is 0 Å². The number of carbonyl (C=O) groups excluding carboxylic acids is 2. The van der Waals surface area contributed by atoms with E-state index in [1.807, 2.05) is 6.07 Å². The molecule has 3 aromatic rings. The highest BCUT2D eigenvalue weighted by atomic mass is 19.4. The first-order valence-electron chi connectivity index (χ1n) is 11.4. The second-order valence-electron chi connectivity index (χ2n) is 8.98. The molecular formula is C24H24F3N5O3. The Morgan fingerprint density at radius 3 is 2.34 bits per heavy atom. The molecule has 0 saturated carbocycles. The highest BCUT2D eigenvalue weighted by Crippen LogP contribution is 2.34. The number of benzene rings is 1. The summed E-state index contributed by atoms with van der Waals surface area (Å²) >= 11 is 0. The summed E-state index contributed by atoms with van der Waals surface area (Å²) in [6.45, 7) is 3.92. The lowest BCUT2D eigenvalue weighted by molar-refractivity contribution is -0.274. The van der Waals surface area contributed by atoms with E-state index in [1.165, 1.54) is 12.1 Å². The normalized spacial score (nSPS) is 17.5. The molecular weight excluding hydrogens is 463 g/mol. The molecule has 0 atom stereocenters. The highest BCUT2D eigenvalue weighted by Gasteiger charge is 2.33. The molecule has 1 aromatic carbocycles. The number of aromatic amines is 1. The molecule has 184 valence electrons. The summed E-state index contributed by atoms with van der Waals surface area (Å²) in [5.74, 6) is 0.713. The van der Waals surface area contributed by atoms with Crippen molar-refractivity contribution in [2.45, 2.75) is 38.0 Å². The maximum absolute atomic E-state index is 12.9. The van der Waals surface area contributed by atoms with Crippen molar-refractivity contribution < 1.29 is 27.5 Å². The summed E-state index contributed by atoms with van der Waals surface area (Å²) in [7, 11) is 0. The van der Waals surface area contributed by atoms with Crippen LogP contribution in [0.2, 0.25) is 0 Å². The molecule has 0 bridgehead atoms. The van der Waals surface area contributed by atoms with E-state index in [1.54, 1.807) is 22.9 Å². The first-order valence-corrected chi connectivity index (χ1v) is 11.4. The minimum atomic E-state index is -4.77. The number of likely N-dealkylation sites (tertiary alicyclic amines) is 2. The number of pyridine rings is 1. The quantitative estimate of drug-likeness (QED) is 0.604. The van der Waals surface area contributed by atoms with Gasteiger partial charge in [0.25, 0.3) is 5.91 Å². The van der Waals surface area contributed by atoms with Gasteiger partial charge in [0.2, 0.25) is 5.91 Å². The van der Waals surface area contributed by atoms with Crippen LogP contribution >= 0.6 is 0 Å². The Kier molecular flexibility index (Phi) is 5.86. The Bertz CT molecular complexity index is 1240. The van der Waals surface area contributed by atoms with Gasteiger partial charge in [0.05, 0.1) is 11.4 Å². The number of rotatable bonds is 4. The van der Waals surface area contributed by atoms with E-state index in [0.29, 0.717) is 37.4 Å². The van der Waals surface area contributed by atoms with Crippen LogP contribution < -0.4 is 4.74 Å². The molecule has 2 aliphatic heterocycles. The standard InChI is InChI=1S/C24H24F3N5O3/c1-14(33)32-12-17(13-32)21-29-20-19(6-9-28-22(20)30-21)15-7-10-31(11-8-15)23(34)16-2-4-18(5-3-16)35-24(25,26)27/h2-6,9,15,17H,7-8,10-13H2,1H3,(H,28,29,30). The Hall–Kier alpha value is -3.63. The highest BCUT2D eigenvalue weighted by molar-refractivity contribution is 5.94. The van der Waals surface area contributed by atoms with Crippen LogP contribution in [0.15, 0.2) is 36.5 Å². The predicted molar refractivity (Wildman–Crippen MR) is 120 cm³/mol. The fourth-order valence-corrected chi connectivity index (χ4v) is 4.77. The first kappa shape index (κ1) is 23.1. The molecule has 2 fully saturated rings. The van der Waals surface area contributed by atoms with Crippen molar-refractivity contribution in [1.29, 1.82) is 0 Å². The molecule has 0 spiro atoms. The van der Waals surface area contributed by atoms with Gasteiger partial charge in [-0.25, -0.2) is 9.97 Å². The van der Waals surface area contributed by atoms with E-state index in [9.17, 15) is 22.8 Å². The van der Waals surface area contributed by atoms with E-state index >= 15 is 0 Å². The van der Waals surface area contributed by atoms with Crippen molar-refractivity contribution in [3.8, 4) is 5.75 Å². The maximum atomic E-state index is 12.9.